The van der Waals surface area contributed by atoms with Crippen molar-refractivity contribution in [3.05, 3.63) is 70.4 Å². The summed E-state index contributed by atoms with van der Waals surface area (Å²) in [6.07, 6.45) is 5.73. The van der Waals surface area contributed by atoms with Crippen LogP contribution >= 0.6 is 11.3 Å². The third-order valence-electron chi connectivity index (χ3n) is 4.83. The number of aromatic nitrogens is 2. The third-order valence-corrected chi connectivity index (χ3v) is 5.53. The Morgan fingerprint density at radius 2 is 2.15 bits per heavy atom. The lowest BCUT2D eigenvalue weighted by molar-refractivity contribution is 0.0736. The van der Waals surface area contributed by atoms with E-state index in [9.17, 15) is 4.79 Å². The number of hydrogen-bond acceptors (Lipinski definition) is 4. The zero-order chi connectivity index (χ0) is 17.9. The summed E-state index contributed by atoms with van der Waals surface area (Å²) < 4.78 is 7.69. The molecular formula is C20H21N3O2S. The van der Waals surface area contributed by atoms with E-state index in [1.807, 2.05) is 47.0 Å². The zero-order valence-corrected chi connectivity index (χ0v) is 15.5. The number of rotatable bonds is 5. The minimum Gasteiger partial charge on any atom is -0.486 e. The van der Waals surface area contributed by atoms with Crippen LogP contribution in [0.2, 0.25) is 0 Å². The second-order valence-corrected chi connectivity index (χ2v) is 7.26. The lowest BCUT2D eigenvalue weighted by Crippen LogP contribution is -2.30. The van der Waals surface area contributed by atoms with E-state index in [1.54, 1.807) is 17.5 Å². The van der Waals surface area contributed by atoms with Crippen molar-refractivity contribution in [1.82, 2.24) is 14.5 Å². The number of likely N-dealkylation sites (tertiary alicyclic amines) is 1. The molecule has 0 spiro atoms. The lowest BCUT2D eigenvalue weighted by Gasteiger charge is -2.24. The predicted molar refractivity (Wildman–Crippen MR) is 101 cm³/mol. The number of aryl methyl sites for hydroxylation is 1. The summed E-state index contributed by atoms with van der Waals surface area (Å²) in [7, 11) is 1.94. The van der Waals surface area contributed by atoms with Gasteiger partial charge in [-0.15, -0.1) is 0 Å². The Balaban J connectivity index is 1.43. The van der Waals surface area contributed by atoms with Gasteiger partial charge >= 0.3 is 0 Å². The van der Waals surface area contributed by atoms with Crippen LogP contribution in [-0.4, -0.2) is 26.9 Å². The Kier molecular flexibility index (Phi) is 4.75. The number of carbonyl (C=O) groups excluding carboxylic acids is 1. The van der Waals surface area contributed by atoms with Crippen LogP contribution in [0, 0.1) is 0 Å². The Hall–Kier alpha value is -2.60. The first-order chi connectivity index (χ1) is 12.7. The first kappa shape index (κ1) is 16.8. The fourth-order valence-electron chi connectivity index (χ4n) is 3.36. The molecule has 4 rings (SSSR count). The van der Waals surface area contributed by atoms with Gasteiger partial charge in [0.25, 0.3) is 5.91 Å². The van der Waals surface area contributed by atoms with Crippen molar-refractivity contribution in [2.45, 2.75) is 25.5 Å². The number of thiophene rings is 1. The molecule has 1 saturated heterocycles. The van der Waals surface area contributed by atoms with Crippen molar-refractivity contribution >= 4 is 17.2 Å². The van der Waals surface area contributed by atoms with Gasteiger partial charge in [0.2, 0.25) is 0 Å². The van der Waals surface area contributed by atoms with E-state index in [0.29, 0.717) is 12.2 Å². The maximum atomic E-state index is 12.9. The number of ether oxygens (including phenoxy) is 1. The normalized spacial score (nSPS) is 16.8. The molecule has 0 radical (unpaired) electrons. The summed E-state index contributed by atoms with van der Waals surface area (Å²) in [6.45, 7) is 1.22. The second-order valence-electron chi connectivity index (χ2n) is 6.48. The van der Waals surface area contributed by atoms with Crippen LogP contribution in [0.1, 0.15) is 40.6 Å². The molecule has 6 heteroatoms. The van der Waals surface area contributed by atoms with Crippen molar-refractivity contribution in [3.63, 3.8) is 0 Å². The van der Waals surface area contributed by atoms with Gasteiger partial charge in [-0.05, 0) is 59.5 Å². The molecule has 0 N–H and O–H groups in total. The molecule has 0 aliphatic carbocycles. The summed E-state index contributed by atoms with van der Waals surface area (Å²) in [6, 6.07) is 9.72. The minimum atomic E-state index is 0.0920. The van der Waals surface area contributed by atoms with E-state index in [-0.39, 0.29) is 11.9 Å². The van der Waals surface area contributed by atoms with E-state index in [0.717, 1.165) is 31.0 Å². The number of hydrogen-bond donors (Lipinski definition) is 0. The topological polar surface area (TPSA) is 47.4 Å². The first-order valence-corrected chi connectivity index (χ1v) is 9.69. The molecule has 134 valence electrons. The van der Waals surface area contributed by atoms with Gasteiger partial charge in [0.1, 0.15) is 18.2 Å². The maximum Gasteiger partial charge on any atom is 0.254 e. The molecule has 1 atom stereocenters. The van der Waals surface area contributed by atoms with E-state index in [1.165, 1.54) is 5.56 Å². The number of benzene rings is 1. The SMILES string of the molecule is Cn1ccnc1COc1ccc(C(=O)N2CCC[C@@H]2c2ccsc2)cc1. The van der Waals surface area contributed by atoms with Gasteiger partial charge in [-0.3, -0.25) is 4.79 Å². The summed E-state index contributed by atoms with van der Waals surface area (Å²) in [5.41, 5.74) is 1.95. The maximum absolute atomic E-state index is 12.9. The molecule has 0 bridgehead atoms. The standard InChI is InChI=1S/C20H21N3O2S/c1-22-11-9-21-19(22)13-25-17-6-4-15(5-7-17)20(24)23-10-2-3-18(23)16-8-12-26-14-16/h4-9,11-12,14,18H,2-3,10,13H2,1H3/t18-/m1/s1. The highest BCUT2D eigenvalue weighted by Crippen LogP contribution is 2.34. The molecule has 1 aromatic carbocycles. The van der Waals surface area contributed by atoms with Crippen LogP contribution in [-0.2, 0) is 13.7 Å². The van der Waals surface area contributed by atoms with Crippen molar-refractivity contribution in [2.24, 2.45) is 7.05 Å². The number of nitrogens with zero attached hydrogens (tertiary/aromatic N) is 3. The quantitative estimate of drug-likeness (QED) is 0.684. The fraction of sp³-hybridized carbons (Fsp3) is 0.300. The van der Waals surface area contributed by atoms with Gasteiger partial charge in [-0.1, -0.05) is 0 Å². The first-order valence-electron chi connectivity index (χ1n) is 8.74. The Morgan fingerprint density at radius 3 is 2.85 bits per heavy atom. The third kappa shape index (κ3) is 3.37. The van der Waals surface area contributed by atoms with Crippen LogP contribution < -0.4 is 4.74 Å². The molecule has 2 aromatic heterocycles. The van der Waals surface area contributed by atoms with Gasteiger partial charge in [0.05, 0.1) is 6.04 Å². The van der Waals surface area contributed by atoms with Gasteiger partial charge in [0, 0.05) is 31.5 Å². The Bertz CT molecular complexity index is 871. The molecule has 0 unspecified atom stereocenters. The van der Waals surface area contributed by atoms with E-state index in [2.05, 4.69) is 21.8 Å². The summed E-state index contributed by atoms with van der Waals surface area (Å²) >= 11 is 1.68. The van der Waals surface area contributed by atoms with Crippen LogP contribution in [0.15, 0.2) is 53.5 Å². The van der Waals surface area contributed by atoms with Crippen molar-refractivity contribution in [2.75, 3.05) is 6.54 Å². The van der Waals surface area contributed by atoms with E-state index >= 15 is 0 Å². The van der Waals surface area contributed by atoms with Crippen molar-refractivity contribution in [3.8, 4) is 5.75 Å². The smallest absolute Gasteiger partial charge is 0.254 e. The molecule has 3 heterocycles. The minimum absolute atomic E-state index is 0.0920. The van der Waals surface area contributed by atoms with Crippen LogP contribution in [0.4, 0.5) is 0 Å². The molecule has 3 aromatic rings. The highest BCUT2D eigenvalue weighted by Gasteiger charge is 2.30. The number of carbonyl (C=O) groups is 1. The molecule has 1 aliphatic heterocycles. The number of amides is 1. The molecule has 26 heavy (non-hydrogen) atoms. The van der Waals surface area contributed by atoms with E-state index in [4.69, 9.17) is 4.74 Å². The van der Waals surface area contributed by atoms with Crippen LogP contribution in [0.3, 0.4) is 0 Å². The van der Waals surface area contributed by atoms with Crippen molar-refractivity contribution in [1.29, 1.82) is 0 Å². The van der Waals surface area contributed by atoms with Crippen LogP contribution in [0.25, 0.3) is 0 Å². The summed E-state index contributed by atoms with van der Waals surface area (Å²) in [4.78, 5) is 19.2. The largest absolute Gasteiger partial charge is 0.486 e. The monoisotopic (exact) mass is 367 g/mol. The molecular weight excluding hydrogens is 346 g/mol. The zero-order valence-electron chi connectivity index (χ0n) is 14.7. The average molecular weight is 367 g/mol. The molecule has 1 aliphatic rings. The Morgan fingerprint density at radius 1 is 1.31 bits per heavy atom. The summed E-state index contributed by atoms with van der Waals surface area (Å²) in [5.74, 6) is 1.69. The number of imidazole rings is 1. The fourth-order valence-corrected chi connectivity index (χ4v) is 4.07. The van der Waals surface area contributed by atoms with E-state index < -0.39 is 0 Å². The lowest BCUT2D eigenvalue weighted by atomic mass is 10.1. The highest BCUT2D eigenvalue weighted by atomic mass is 32.1. The average Bonchev–Trinajstić information content (AvgIpc) is 3.41. The van der Waals surface area contributed by atoms with Gasteiger partial charge in [-0.25, -0.2) is 4.98 Å². The highest BCUT2D eigenvalue weighted by molar-refractivity contribution is 7.08. The summed E-state index contributed by atoms with van der Waals surface area (Å²) in [5, 5.41) is 4.22. The van der Waals surface area contributed by atoms with Crippen molar-refractivity contribution < 1.29 is 9.53 Å². The Labute approximate surface area is 156 Å². The van der Waals surface area contributed by atoms with Gasteiger partial charge in [0.15, 0.2) is 0 Å². The van der Waals surface area contributed by atoms with Gasteiger partial charge in [-0.2, -0.15) is 11.3 Å². The predicted octanol–water partition coefficient (Wildman–Crippen LogP) is 4.04. The molecule has 5 nitrogen and oxygen atoms in total. The molecule has 1 amide bonds. The van der Waals surface area contributed by atoms with Crippen LogP contribution in [0.5, 0.6) is 5.75 Å². The molecule has 0 saturated carbocycles. The van der Waals surface area contributed by atoms with Gasteiger partial charge < -0.3 is 14.2 Å². The second kappa shape index (κ2) is 7.33. The molecule has 1 fully saturated rings.